The molecule has 1 aliphatic rings. The van der Waals surface area contributed by atoms with Crippen LogP contribution in [-0.2, 0) is 0 Å². The number of hydrogen-bond acceptors (Lipinski definition) is 4. The van der Waals surface area contributed by atoms with E-state index in [1.165, 1.54) is 0 Å². The molecular formula is C17H20ClN3O2. The molecule has 0 bridgehead atoms. The fraction of sp³-hybridized carbons (Fsp3) is 0.412. The van der Waals surface area contributed by atoms with E-state index >= 15 is 0 Å². The molecule has 6 heteroatoms. The van der Waals surface area contributed by atoms with Crippen molar-refractivity contribution in [1.29, 1.82) is 0 Å². The van der Waals surface area contributed by atoms with Crippen LogP contribution >= 0.6 is 11.6 Å². The summed E-state index contributed by atoms with van der Waals surface area (Å²) in [5.41, 5.74) is 7.14. The van der Waals surface area contributed by atoms with Crippen molar-refractivity contribution in [3.8, 4) is 11.3 Å². The van der Waals surface area contributed by atoms with E-state index in [4.69, 9.17) is 21.9 Å². The van der Waals surface area contributed by atoms with Gasteiger partial charge in [-0.2, -0.15) is 0 Å². The van der Waals surface area contributed by atoms with E-state index in [0.29, 0.717) is 23.0 Å². The number of likely N-dealkylation sites (tertiary alicyclic amines) is 1. The number of amides is 1. The summed E-state index contributed by atoms with van der Waals surface area (Å²) in [6.07, 6.45) is 3.03. The standard InChI is InChI=1S/C17H20ClN3O2/c1-11(19)15-7-2-3-8-21(15)17(22)14-10-16(23-20-14)12-5-4-6-13(18)9-12/h4-6,9-11,15H,2-3,7-8,19H2,1H3. The van der Waals surface area contributed by atoms with Crippen LogP contribution < -0.4 is 5.73 Å². The number of carbonyl (C=O) groups excluding carboxylic acids is 1. The van der Waals surface area contributed by atoms with Crippen molar-refractivity contribution in [3.63, 3.8) is 0 Å². The Bertz CT molecular complexity index is 699. The van der Waals surface area contributed by atoms with Gasteiger partial charge in [-0.15, -0.1) is 0 Å². The minimum absolute atomic E-state index is 0.0569. The molecule has 1 aliphatic heterocycles. The lowest BCUT2D eigenvalue weighted by atomic mass is 9.96. The average Bonchev–Trinajstić information content (AvgIpc) is 3.04. The number of rotatable bonds is 3. The van der Waals surface area contributed by atoms with Crippen molar-refractivity contribution in [1.82, 2.24) is 10.1 Å². The van der Waals surface area contributed by atoms with Gasteiger partial charge in [-0.1, -0.05) is 28.9 Å². The Hall–Kier alpha value is -1.85. The summed E-state index contributed by atoms with van der Waals surface area (Å²) in [6.45, 7) is 2.65. The quantitative estimate of drug-likeness (QED) is 0.935. The molecule has 5 nitrogen and oxygen atoms in total. The first kappa shape index (κ1) is 16.0. The SMILES string of the molecule is CC(N)C1CCCCN1C(=O)c1cc(-c2cccc(Cl)c2)on1. The van der Waals surface area contributed by atoms with Crippen molar-refractivity contribution in [3.05, 3.63) is 41.0 Å². The molecule has 122 valence electrons. The first-order chi connectivity index (χ1) is 11.1. The molecule has 0 aliphatic carbocycles. The van der Waals surface area contributed by atoms with E-state index < -0.39 is 0 Å². The molecule has 0 radical (unpaired) electrons. The van der Waals surface area contributed by atoms with Crippen molar-refractivity contribution >= 4 is 17.5 Å². The minimum Gasteiger partial charge on any atom is -0.355 e. The zero-order chi connectivity index (χ0) is 16.4. The summed E-state index contributed by atoms with van der Waals surface area (Å²) in [5, 5.41) is 4.55. The second-order valence-electron chi connectivity index (χ2n) is 6.01. The third kappa shape index (κ3) is 3.41. The van der Waals surface area contributed by atoms with Gasteiger partial charge >= 0.3 is 0 Å². The predicted molar refractivity (Wildman–Crippen MR) is 89.3 cm³/mol. The summed E-state index contributed by atoms with van der Waals surface area (Å²) in [6, 6.07) is 8.93. The van der Waals surface area contributed by atoms with Gasteiger partial charge in [0.1, 0.15) is 0 Å². The molecule has 3 rings (SSSR count). The van der Waals surface area contributed by atoms with Gasteiger partial charge in [0.2, 0.25) is 0 Å². The van der Waals surface area contributed by atoms with E-state index in [1.807, 2.05) is 24.0 Å². The van der Waals surface area contributed by atoms with Gasteiger partial charge in [0, 0.05) is 35.3 Å². The van der Waals surface area contributed by atoms with Crippen molar-refractivity contribution in [2.75, 3.05) is 6.54 Å². The lowest BCUT2D eigenvalue weighted by Gasteiger charge is -2.37. The lowest BCUT2D eigenvalue weighted by molar-refractivity contribution is 0.0573. The first-order valence-electron chi connectivity index (χ1n) is 7.85. The number of nitrogens with two attached hydrogens (primary N) is 1. The third-order valence-electron chi connectivity index (χ3n) is 4.26. The zero-order valence-electron chi connectivity index (χ0n) is 13.0. The Morgan fingerprint density at radius 1 is 1.43 bits per heavy atom. The lowest BCUT2D eigenvalue weighted by Crippen LogP contribution is -2.51. The summed E-state index contributed by atoms with van der Waals surface area (Å²) >= 11 is 5.99. The summed E-state index contributed by atoms with van der Waals surface area (Å²) < 4.78 is 5.33. The number of piperidine rings is 1. The Morgan fingerprint density at radius 2 is 2.26 bits per heavy atom. The molecule has 2 aromatic rings. The number of halogens is 1. The minimum atomic E-state index is -0.121. The van der Waals surface area contributed by atoms with Gasteiger partial charge in [-0.25, -0.2) is 0 Å². The van der Waals surface area contributed by atoms with Gasteiger partial charge in [0.05, 0.1) is 0 Å². The molecule has 1 aromatic carbocycles. The Balaban J connectivity index is 1.83. The van der Waals surface area contributed by atoms with E-state index in [2.05, 4.69) is 5.16 Å². The summed E-state index contributed by atoms with van der Waals surface area (Å²) in [5.74, 6) is 0.411. The summed E-state index contributed by atoms with van der Waals surface area (Å²) in [4.78, 5) is 14.6. The highest BCUT2D eigenvalue weighted by atomic mass is 35.5. The van der Waals surface area contributed by atoms with Crippen LogP contribution in [0.3, 0.4) is 0 Å². The average molecular weight is 334 g/mol. The largest absolute Gasteiger partial charge is 0.355 e. The highest BCUT2D eigenvalue weighted by molar-refractivity contribution is 6.30. The molecule has 1 saturated heterocycles. The van der Waals surface area contributed by atoms with Crippen LogP contribution in [0.4, 0.5) is 0 Å². The Kier molecular flexibility index (Phi) is 4.68. The van der Waals surface area contributed by atoms with Crippen molar-refractivity contribution in [2.45, 2.75) is 38.3 Å². The second-order valence-corrected chi connectivity index (χ2v) is 6.44. The zero-order valence-corrected chi connectivity index (χ0v) is 13.8. The van der Waals surface area contributed by atoms with Gasteiger partial charge in [0.25, 0.3) is 5.91 Å². The van der Waals surface area contributed by atoms with Crippen LogP contribution in [0, 0.1) is 0 Å². The molecule has 2 unspecified atom stereocenters. The van der Waals surface area contributed by atoms with Gasteiger partial charge in [-0.05, 0) is 38.3 Å². The molecular weight excluding hydrogens is 314 g/mol. The fourth-order valence-corrected chi connectivity index (χ4v) is 3.25. The number of carbonyl (C=O) groups is 1. The molecule has 0 spiro atoms. The number of hydrogen-bond donors (Lipinski definition) is 1. The van der Waals surface area contributed by atoms with Gasteiger partial charge in [0.15, 0.2) is 11.5 Å². The molecule has 0 saturated carbocycles. The highest BCUT2D eigenvalue weighted by Crippen LogP contribution is 2.26. The van der Waals surface area contributed by atoms with E-state index in [0.717, 1.165) is 24.8 Å². The van der Waals surface area contributed by atoms with Crippen LogP contribution in [0.1, 0.15) is 36.7 Å². The predicted octanol–water partition coefficient (Wildman–Crippen LogP) is 3.34. The maximum Gasteiger partial charge on any atom is 0.276 e. The number of nitrogens with zero attached hydrogens (tertiary/aromatic N) is 2. The molecule has 2 atom stereocenters. The van der Waals surface area contributed by atoms with Gasteiger partial charge in [-0.3, -0.25) is 4.79 Å². The fourth-order valence-electron chi connectivity index (χ4n) is 3.06. The van der Waals surface area contributed by atoms with Crippen molar-refractivity contribution in [2.24, 2.45) is 5.73 Å². The maximum absolute atomic E-state index is 12.7. The van der Waals surface area contributed by atoms with Crippen LogP contribution in [-0.4, -0.2) is 34.6 Å². The van der Waals surface area contributed by atoms with E-state index in [1.54, 1.807) is 18.2 Å². The van der Waals surface area contributed by atoms with Crippen molar-refractivity contribution < 1.29 is 9.32 Å². The smallest absolute Gasteiger partial charge is 0.276 e. The number of benzene rings is 1. The molecule has 2 heterocycles. The van der Waals surface area contributed by atoms with Crippen LogP contribution in [0.25, 0.3) is 11.3 Å². The third-order valence-corrected chi connectivity index (χ3v) is 4.49. The summed E-state index contributed by atoms with van der Waals surface area (Å²) in [7, 11) is 0. The molecule has 23 heavy (non-hydrogen) atoms. The molecule has 1 aromatic heterocycles. The topological polar surface area (TPSA) is 72.4 Å². The molecule has 1 fully saturated rings. The molecule has 2 N–H and O–H groups in total. The highest BCUT2D eigenvalue weighted by Gasteiger charge is 2.31. The van der Waals surface area contributed by atoms with Crippen LogP contribution in [0.2, 0.25) is 5.02 Å². The van der Waals surface area contributed by atoms with Crippen LogP contribution in [0.5, 0.6) is 0 Å². The van der Waals surface area contributed by atoms with Gasteiger partial charge < -0.3 is 15.2 Å². The monoisotopic (exact) mass is 333 g/mol. The number of aromatic nitrogens is 1. The van der Waals surface area contributed by atoms with Crippen LogP contribution in [0.15, 0.2) is 34.9 Å². The Morgan fingerprint density at radius 3 is 3.00 bits per heavy atom. The van der Waals surface area contributed by atoms with E-state index in [9.17, 15) is 4.79 Å². The maximum atomic E-state index is 12.7. The van der Waals surface area contributed by atoms with E-state index in [-0.39, 0.29) is 18.0 Å². The molecule has 1 amide bonds. The Labute approximate surface area is 140 Å². The second kappa shape index (κ2) is 6.72. The normalized spacial score (nSPS) is 19.6. The first-order valence-corrected chi connectivity index (χ1v) is 8.23.